The fraction of sp³-hybridized carbons (Fsp3) is 0.250. The first-order valence-corrected chi connectivity index (χ1v) is 8.02. The molecule has 1 N–H and O–H groups in total. The van der Waals surface area contributed by atoms with Crippen molar-refractivity contribution < 1.29 is 4.79 Å². The van der Waals surface area contributed by atoms with Crippen molar-refractivity contribution in [2.75, 3.05) is 0 Å². The minimum atomic E-state index is 0.0382. The number of fused-ring (bicyclic) bond motifs is 1. The highest BCUT2D eigenvalue weighted by atomic mass is 16.1. The quantitative estimate of drug-likeness (QED) is 0.760. The van der Waals surface area contributed by atoms with Crippen LogP contribution in [0.15, 0.2) is 60.8 Å². The third-order valence-electron chi connectivity index (χ3n) is 4.28. The minimum Gasteiger partial charge on any atom is -0.350 e. The molecule has 0 saturated carbocycles. The molecular formula is C20H22N2O. The second-order valence-electron chi connectivity index (χ2n) is 5.98. The zero-order valence-corrected chi connectivity index (χ0v) is 13.6. The Kier molecular flexibility index (Phi) is 4.47. The molecule has 2 aromatic carbocycles. The van der Waals surface area contributed by atoms with Gasteiger partial charge in [0, 0.05) is 30.6 Å². The van der Waals surface area contributed by atoms with Gasteiger partial charge in [0.1, 0.15) is 0 Å². The molecule has 3 rings (SSSR count). The standard InChI is InChI=1S/C20H22N2O/c1-15(16-8-4-3-5-9-16)21-20(23)13-12-17-14-22(2)19-11-7-6-10-18(17)19/h3-11,14-15H,12-13H2,1-2H3,(H,21,23). The molecule has 0 aliphatic rings. The van der Waals surface area contributed by atoms with E-state index in [1.165, 1.54) is 16.5 Å². The van der Waals surface area contributed by atoms with Gasteiger partial charge in [0.15, 0.2) is 0 Å². The normalized spacial score (nSPS) is 12.3. The predicted molar refractivity (Wildman–Crippen MR) is 94.2 cm³/mol. The third kappa shape index (κ3) is 3.45. The van der Waals surface area contributed by atoms with Crippen LogP contribution in [0, 0.1) is 0 Å². The summed E-state index contributed by atoms with van der Waals surface area (Å²) in [7, 11) is 2.05. The van der Waals surface area contributed by atoms with Crippen molar-refractivity contribution in [3.05, 3.63) is 71.9 Å². The van der Waals surface area contributed by atoms with Gasteiger partial charge in [0.05, 0.1) is 6.04 Å². The van der Waals surface area contributed by atoms with Crippen LogP contribution in [0.25, 0.3) is 10.9 Å². The molecule has 0 aliphatic carbocycles. The maximum Gasteiger partial charge on any atom is 0.220 e. The average Bonchev–Trinajstić information content (AvgIpc) is 2.90. The van der Waals surface area contributed by atoms with E-state index < -0.39 is 0 Å². The summed E-state index contributed by atoms with van der Waals surface area (Å²) in [5, 5.41) is 4.31. The summed E-state index contributed by atoms with van der Waals surface area (Å²) in [6, 6.07) is 18.4. The topological polar surface area (TPSA) is 34.0 Å². The fourth-order valence-corrected chi connectivity index (χ4v) is 3.01. The summed E-state index contributed by atoms with van der Waals surface area (Å²) >= 11 is 0. The lowest BCUT2D eigenvalue weighted by atomic mass is 10.1. The molecule has 3 heteroatoms. The van der Waals surface area contributed by atoms with Gasteiger partial charge in [-0.05, 0) is 30.5 Å². The number of hydrogen-bond donors (Lipinski definition) is 1. The van der Waals surface area contributed by atoms with E-state index in [0.717, 1.165) is 12.0 Å². The van der Waals surface area contributed by atoms with Gasteiger partial charge in [-0.15, -0.1) is 0 Å². The number of hydrogen-bond acceptors (Lipinski definition) is 1. The van der Waals surface area contributed by atoms with Gasteiger partial charge in [-0.25, -0.2) is 0 Å². The predicted octanol–water partition coefficient (Wildman–Crippen LogP) is 3.99. The minimum absolute atomic E-state index is 0.0382. The summed E-state index contributed by atoms with van der Waals surface area (Å²) in [5.74, 6) is 0.0919. The van der Waals surface area contributed by atoms with Gasteiger partial charge in [0.2, 0.25) is 5.91 Å². The second-order valence-corrected chi connectivity index (χ2v) is 5.98. The van der Waals surface area contributed by atoms with Crippen LogP contribution >= 0.6 is 0 Å². The highest BCUT2D eigenvalue weighted by Crippen LogP contribution is 2.21. The van der Waals surface area contributed by atoms with E-state index in [9.17, 15) is 4.79 Å². The van der Waals surface area contributed by atoms with E-state index in [4.69, 9.17) is 0 Å². The van der Waals surface area contributed by atoms with E-state index in [-0.39, 0.29) is 11.9 Å². The molecule has 0 fully saturated rings. The molecule has 0 bridgehead atoms. The first kappa shape index (κ1) is 15.3. The van der Waals surface area contributed by atoms with E-state index in [2.05, 4.69) is 28.2 Å². The van der Waals surface area contributed by atoms with E-state index in [0.29, 0.717) is 6.42 Å². The summed E-state index contributed by atoms with van der Waals surface area (Å²) in [4.78, 5) is 12.2. The summed E-state index contributed by atoms with van der Waals surface area (Å²) in [6.07, 6.45) is 3.39. The van der Waals surface area contributed by atoms with Gasteiger partial charge in [-0.3, -0.25) is 4.79 Å². The molecule has 118 valence electrons. The monoisotopic (exact) mass is 306 g/mol. The summed E-state index contributed by atoms with van der Waals surface area (Å²) in [5.41, 5.74) is 3.57. The Morgan fingerprint density at radius 1 is 1.09 bits per heavy atom. The molecule has 23 heavy (non-hydrogen) atoms. The Bertz CT molecular complexity index is 805. The molecule has 0 spiro atoms. The maximum absolute atomic E-state index is 12.2. The number of carbonyl (C=O) groups is 1. The molecule has 3 aromatic rings. The van der Waals surface area contributed by atoms with Gasteiger partial charge < -0.3 is 9.88 Å². The van der Waals surface area contributed by atoms with Crippen LogP contribution in [0.5, 0.6) is 0 Å². The number of aromatic nitrogens is 1. The van der Waals surface area contributed by atoms with E-state index >= 15 is 0 Å². The molecule has 0 aliphatic heterocycles. The average molecular weight is 306 g/mol. The molecule has 1 aromatic heterocycles. The summed E-state index contributed by atoms with van der Waals surface area (Å²) in [6.45, 7) is 2.02. The number of aryl methyl sites for hydroxylation is 2. The third-order valence-corrected chi connectivity index (χ3v) is 4.28. The van der Waals surface area contributed by atoms with Crippen molar-refractivity contribution in [2.24, 2.45) is 7.05 Å². The molecule has 1 amide bonds. The van der Waals surface area contributed by atoms with Gasteiger partial charge in [-0.2, -0.15) is 0 Å². The Labute approximate surface area is 136 Å². The largest absolute Gasteiger partial charge is 0.350 e. The van der Waals surface area contributed by atoms with Crippen molar-refractivity contribution in [1.29, 1.82) is 0 Å². The molecule has 3 nitrogen and oxygen atoms in total. The van der Waals surface area contributed by atoms with E-state index in [1.54, 1.807) is 0 Å². The van der Waals surface area contributed by atoms with Crippen LogP contribution in [0.3, 0.4) is 0 Å². The van der Waals surface area contributed by atoms with Crippen LogP contribution in [0.2, 0.25) is 0 Å². The SMILES string of the molecule is CC(NC(=O)CCc1cn(C)c2ccccc12)c1ccccc1. The van der Waals surface area contributed by atoms with Crippen molar-refractivity contribution >= 4 is 16.8 Å². The lowest BCUT2D eigenvalue weighted by Crippen LogP contribution is -2.26. The number of nitrogens with zero attached hydrogens (tertiary/aromatic N) is 1. The number of para-hydroxylation sites is 1. The lowest BCUT2D eigenvalue weighted by molar-refractivity contribution is -0.121. The second kappa shape index (κ2) is 6.69. The number of amides is 1. The first-order valence-electron chi connectivity index (χ1n) is 8.02. The Balaban J connectivity index is 1.62. The van der Waals surface area contributed by atoms with Crippen LogP contribution in [0.1, 0.15) is 30.5 Å². The Hall–Kier alpha value is -2.55. The van der Waals surface area contributed by atoms with Gasteiger partial charge in [-0.1, -0.05) is 48.5 Å². The highest BCUT2D eigenvalue weighted by molar-refractivity contribution is 5.85. The van der Waals surface area contributed by atoms with Crippen LogP contribution in [0.4, 0.5) is 0 Å². The number of benzene rings is 2. The van der Waals surface area contributed by atoms with Gasteiger partial charge >= 0.3 is 0 Å². The number of nitrogens with one attached hydrogen (secondary N) is 1. The maximum atomic E-state index is 12.2. The van der Waals surface area contributed by atoms with Crippen molar-refractivity contribution in [3.8, 4) is 0 Å². The Morgan fingerprint density at radius 3 is 2.57 bits per heavy atom. The van der Waals surface area contributed by atoms with E-state index in [1.807, 2.05) is 56.4 Å². The molecule has 1 atom stereocenters. The van der Waals surface area contributed by atoms with Crippen molar-refractivity contribution in [1.82, 2.24) is 9.88 Å². The number of rotatable bonds is 5. The van der Waals surface area contributed by atoms with Gasteiger partial charge in [0.25, 0.3) is 0 Å². The Morgan fingerprint density at radius 2 is 1.78 bits per heavy atom. The van der Waals surface area contributed by atoms with Crippen molar-refractivity contribution in [2.45, 2.75) is 25.8 Å². The smallest absolute Gasteiger partial charge is 0.220 e. The molecule has 0 saturated heterocycles. The lowest BCUT2D eigenvalue weighted by Gasteiger charge is -2.14. The molecule has 1 unspecified atom stereocenters. The number of carbonyl (C=O) groups excluding carboxylic acids is 1. The zero-order chi connectivity index (χ0) is 16.2. The van der Waals surface area contributed by atoms with Crippen LogP contribution < -0.4 is 5.32 Å². The molecule has 0 radical (unpaired) electrons. The first-order chi connectivity index (χ1) is 11.1. The molecular weight excluding hydrogens is 284 g/mol. The summed E-state index contributed by atoms with van der Waals surface area (Å²) < 4.78 is 2.12. The van der Waals surface area contributed by atoms with Crippen molar-refractivity contribution in [3.63, 3.8) is 0 Å². The zero-order valence-electron chi connectivity index (χ0n) is 13.6. The molecule has 1 heterocycles. The van der Waals surface area contributed by atoms with Crippen LogP contribution in [-0.4, -0.2) is 10.5 Å². The highest BCUT2D eigenvalue weighted by Gasteiger charge is 2.11. The fourth-order valence-electron chi connectivity index (χ4n) is 3.01. The van der Waals surface area contributed by atoms with Crippen LogP contribution in [-0.2, 0) is 18.3 Å².